The van der Waals surface area contributed by atoms with Gasteiger partial charge in [-0.25, -0.2) is 4.79 Å². The number of hydrogen-bond acceptors (Lipinski definition) is 5. The number of guanidine groups is 1. The quantitative estimate of drug-likeness (QED) is 0.716. The first-order valence-electron chi connectivity index (χ1n) is 7.47. The molecule has 20 heavy (non-hydrogen) atoms. The van der Waals surface area contributed by atoms with Gasteiger partial charge in [-0.3, -0.25) is 4.99 Å². The molecule has 0 radical (unpaired) electrons. The summed E-state index contributed by atoms with van der Waals surface area (Å²) in [4.78, 5) is 21.0. The van der Waals surface area contributed by atoms with E-state index in [1.165, 1.54) is 0 Å². The van der Waals surface area contributed by atoms with Crippen LogP contribution in [0.5, 0.6) is 0 Å². The van der Waals surface area contributed by atoms with Crippen molar-refractivity contribution in [2.75, 3.05) is 32.7 Å². The molecule has 3 aliphatic rings. The SMILES string of the molecule is CC(C)(C)OC(=O)N1CCC2C(CN=C3NCCN32)C1. The van der Waals surface area contributed by atoms with E-state index in [1.807, 2.05) is 25.7 Å². The van der Waals surface area contributed by atoms with Gasteiger partial charge in [0, 0.05) is 44.7 Å². The first-order chi connectivity index (χ1) is 9.44. The molecule has 0 aliphatic carbocycles. The Morgan fingerprint density at radius 2 is 2.20 bits per heavy atom. The molecule has 2 unspecified atom stereocenters. The van der Waals surface area contributed by atoms with E-state index in [9.17, 15) is 4.79 Å². The summed E-state index contributed by atoms with van der Waals surface area (Å²) in [5.41, 5.74) is -0.426. The van der Waals surface area contributed by atoms with Gasteiger partial charge in [-0.1, -0.05) is 0 Å². The van der Waals surface area contributed by atoms with Gasteiger partial charge in [0.05, 0.1) is 0 Å². The average molecular weight is 280 g/mol. The van der Waals surface area contributed by atoms with Crippen LogP contribution in [0.25, 0.3) is 0 Å². The zero-order chi connectivity index (χ0) is 14.3. The summed E-state index contributed by atoms with van der Waals surface area (Å²) in [6.07, 6.45) is 0.815. The lowest BCUT2D eigenvalue weighted by molar-refractivity contribution is 0.00834. The summed E-state index contributed by atoms with van der Waals surface area (Å²) < 4.78 is 5.47. The van der Waals surface area contributed by atoms with Crippen molar-refractivity contribution in [2.24, 2.45) is 10.9 Å². The highest BCUT2D eigenvalue weighted by Gasteiger charge is 2.41. The molecule has 2 atom stereocenters. The fourth-order valence-corrected chi connectivity index (χ4v) is 3.27. The number of likely N-dealkylation sites (tertiary alicyclic amines) is 1. The van der Waals surface area contributed by atoms with Gasteiger partial charge in [-0.2, -0.15) is 0 Å². The maximum atomic E-state index is 12.2. The predicted molar refractivity (Wildman–Crippen MR) is 76.7 cm³/mol. The maximum absolute atomic E-state index is 12.2. The van der Waals surface area contributed by atoms with Gasteiger partial charge in [0.25, 0.3) is 0 Å². The van der Waals surface area contributed by atoms with E-state index in [-0.39, 0.29) is 6.09 Å². The molecule has 0 aromatic heterocycles. The third-order valence-corrected chi connectivity index (χ3v) is 4.13. The number of piperidine rings is 1. The molecule has 0 aromatic rings. The van der Waals surface area contributed by atoms with Crippen LogP contribution in [0.2, 0.25) is 0 Å². The molecular weight excluding hydrogens is 256 g/mol. The average Bonchev–Trinajstić information content (AvgIpc) is 2.84. The summed E-state index contributed by atoms with van der Waals surface area (Å²) in [5.74, 6) is 1.48. The van der Waals surface area contributed by atoms with Crippen molar-refractivity contribution in [1.82, 2.24) is 15.1 Å². The van der Waals surface area contributed by atoms with Crippen molar-refractivity contribution in [3.8, 4) is 0 Å². The second-order valence-electron chi connectivity index (χ2n) is 6.83. The lowest BCUT2D eigenvalue weighted by Gasteiger charge is -2.44. The number of ether oxygens (including phenoxy) is 1. The summed E-state index contributed by atoms with van der Waals surface area (Å²) in [5, 5.41) is 3.33. The Morgan fingerprint density at radius 1 is 1.40 bits per heavy atom. The Morgan fingerprint density at radius 3 is 2.95 bits per heavy atom. The number of nitrogens with zero attached hydrogens (tertiary/aromatic N) is 3. The lowest BCUT2D eigenvalue weighted by Crippen LogP contribution is -2.57. The van der Waals surface area contributed by atoms with E-state index in [4.69, 9.17) is 4.74 Å². The van der Waals surface area contributed by atoms with E-state index >= 15 is 0 Å². The molecule has 3 heterocycles. The van der Waals surface area contributed by atoms with Crippen LogP contribution in [-0.4, -0.2) is 66.2 Å². The topological polar surface area (TPSA) is 57.2 Å². The molecule has 6 nitrogen and oxygen atoms in total. The number of aliphatic imine (C=N–C) groups is 1. The number of carbonyl (C=O) groups is 1. The Hall–Kier alpha value is -1.46. The number of hydrogen-bond donors (Lipinski definition) is 1. The van der Waals surface area contributed by atoms with Crippen LogP contribution in [0.15, 0.2) is 4.99 Å². The normalized spacial score (nSPS) is 29.2. The first-order valence-corrected chi connectivity index (χ1v) is 7.47. The Labute approximate surface area is 120 Å². The van der Waals surface area contributed by atoms with Crippen LogP contribution in [0.4, 0.5) is 4.79 Å². The van der Waals surface area contributed by atoms with Crippen LogP contribution in [0.1, 0.15) is 27.2 Å². The third-order valence-electron chi connectivity index (χ3n) is 4.13. The Kier molecular flexibility index (Phi) is 3.26. The zero-order valence-electron chi connectivity index (χ0n) is 12.6. The van der Waals surface area contributed by atoms with E-state index in [1.54, 1.807) is 0 Å². The fraction of sp³-hybridized carbons (Fsp3) is 0.857. The van der Waals surface area contributed by atoms with Crippen molar-refractivity contribution in [3.63, 3.8) is 0 Å². The molecule has 3 rings (SSSR count). The van der Waals surface area contributed by atoms with Gasteiger partial charge < -0.3 is 19.9 Å². The summed E-state index contributed by atoms with van der Waals surface area (Å²) in [7, 11) is 0. The molecule has 0 bridgehead atoms. The molecule has 1 N–H and O–H groups in total. The van der Waals surface area contributed by atoms with Crippen LogP contribution in [0, 0.1) is 5.92 Å². The molecule has 2 saturated heterocycles. The first kappa shape index (κ1) is 13.5. The maximum Gasteiger partial charge on any atom is 0.410 e. The largest absolute Gasteiger partial charge is 0.444 e. The zero-order valence-corrected chi connectivity index (χ0v) is 12.6. The summed E-state index contributed by atoms with van der Waals surface area (Å²) >= 11 is 0. The second kappa shape index (κ2) is 4.82. The Balaban J connectivity index is 1.64. The van der Waals surface area contributed by atoms with Crippen LogP contribution < -0.4 is 5.32 Å². The van der Waals surface area contributed by atoms with Crippen LogP contribution in [-0.2, 0) is 4.74 Å². The van der Waals surface area contributed by atoms with Gasteiger partial charge in [-0.05, 0) is 27.2 Å². The van der Waals surface area contributed by atoms with E-state index in [0.717, 1.165) is 45.1 Å². The highest BCUT2D eigenvalue weighted by molar-refractivity contribution is 5.83. The number of nitrogens with one attached hydrogen (secondary N) is 1. The van der Waals surface area contributed by atoms with Crippen LogP contribution >= 0.6 is 0 Å². The van der Waals surface area contributed by atoms with Gasteiger partial charge >= 0.3 is 6.09 Å². The minimum Gasteiger partial charge on any atom is -0.444 e. The Bertz CT molecular complexity index is 429. The highest BCUT2D eigenvalue weighted by Crippen LogP contribution is 2.28. The van der Waals surface area contributed by atoms with Crippen molar-refractivity contribution in [3.05, 3.63) is 0 Å². The molecular formula is C14H24N4O2. The monoisotopic (exact) mass is 280 g/mol. The van der Waals surface area contributed by atoms with Gasteiger partial charge in [-0.15, -0.1) is 0 Å². The van der Waals surface area contributed by atoms with Crippen molar-refractivity contribution < 1.29 is 9.53 Å². The minimum atomic E-state index is -0.426. The van der Waals surface area contributed by atoms with E-state index in [2.05, 4.69) is 15.2 Å². The fourth-order valence-electron chi connectivity index (χ4n) is 3.27. The highest BCUT2D eigenvalue weighted by atomic mass is 16.6. The van der Waals surface area contributed by atoms with Crippen LogP contribution in [0.3, 0.4) is 0 Å². The third kappa shape index (κ3) is 2.55. The van der Waals surface area contributed by atoms with Crippen molar-refractivity contribution >= 4 is 12.1 Å². The number of carbonyl (C=O) groups excluding carboxylic acids is 1. The van der Waals surface area contributed by atoms with E-state index in [0.29, 0.717) is 12.0 Å². The van der Waals surface area contributed by atoms with Crippen molar-refractivity contribution in [2.45, 2.75) is 38.8 Å². The molecule has 0 aromatic carbocycles. The number of fused-ring (bicyclic) bond motifs is 3. The van der Waals surface area contributed by atoms with Gasteiger partial charge in [0.15, 0.2) is 5.96 Å². The molecule has 1 amide bonds. The van der Waals surface area contributed by atoms with Gasteiger partial charge in [0.1, 0.15) is 5.60 Å². The molecule has 0 saturated carbocycles. The number of rotatable bonds is 0. The molecule has 112 valence electrons. The predicted octanol–water partition coefficient (Wildman–Crippen LogP) is 0.887. The molecule has 0 spiro atoms. The lowest BCUT2D eigenvalue weighted by atomic mass is 9.90. The second-order valence-corrected chi connectivity index (χ2v) is 6.83. The number of amides is 1. The van der Waals surface area contributed by atoms with Crippen molar-refractivity contribution in [1.29, 1.82) is 0 Å². The standard InChI is InChI=1S/C14H24N4O2/c1-14(2,3)20-13(19)17-6-4-11-10(9-17)8-16-12-15-5-7-18(11)12/h10-11H,4-9H2,1-3H3,(H,15,16). The smallest absolute Gasteiger partial charge is 0.410 e. The minimum absolute atomic E-state index is 0.190. The van der Waals surface area contributed by atoms with Gasteiger partial charge in [0.2, 0.25) is 0 Å². The summed E-state index contributed by atoms with van der Waals surface area (Å²) in [6, 6.07) is 0.524. The molecule has 3 aliphatic heterocycles. The molecule has 6 heteroatoms. The summed E-state index contributed by atoms with van der Waals surface area (Å²) in [6.45, 7) is 10.1. The van der Waals surface area contributed by atoms with E-state index < -0.39 is 5.60 Å². The molecule has 2 fully saturated rings.